The minimum atomic E-state index is -0.843. The molecule has 0 aliphatic rings. The summed E-state index contributed by atoms with van der Waals surface area (Å²) in [5, 5.41) is 1.03. The van der Waals surface area contributed by atoms with Gasteiger partial charge in [0.1, 0.15) is 11.8 Å². The topological polar surface area (TPSA) is 111 Å². The number of halogens is 1. The average Bonchev–Trinajstić information content (AvgIpc) is 3.22. The Morgan fingerprint density at radius 1 is 1.00 bits per heavy atom. The van der Waals surface area contributed by atoms with Crippen LogP contribution in [0, 0.1) is 11.8 Å². The minimum Gasteiger partial charge on any atom is -0.465 e. The Morgan fingerprint density at radius 2 is 1.71 bits per heavy atom. The number of aromatic amines is 1. The van der Waals surface area contributed by atoms with E-state index in [1.165, 1.54) is 0 Å². The van der Waals surface area contributed by atoms with Gasteiger partial charge in [-0.15, -0.1) is 12.4 Å². The number of hydrogen-bond donors (Lipinski definition) is 2. The summed E-state index contributed by atoms with van der Waals surface area (Å²) in [6.07, 6.45) is 6.28. The lowest BCUT2D eigenvalue weighted by Crippen LogP contribution is -2.33. The van der Waals surface area contributed by atoms with Gasteiger partial charge in [-0.1, -0.05) is 51.8 Å². The molecule has 2 rings (SSSR count). The van der Waals surface area contributed by atoms with Crippen molar-refractivity contribution >= 4 is 41.0 Å². The number of ether oxygens (including phenoxy) is 2. The maximum Gasteiger partial charge on any atom is 0.322 e. The Hall–Kier alpha value is -2.38. The Bertz CT molecular complexity index is 927. The molecule has 0 fully saturated rings. The van der Waals surface area contributed by atoms with E-state index < -0.39 is 17.9 Å². The average molecular weight is 509 g/mol. The number of H-pyrrole nitrogens is 1. The highest BCUT2D eigenvalue weighted by Gasteiger charge is 2.26. The van der Waals surface area contributed by atoms with E-state index in [-0.39, 0.29) is 43.4 Å². The number of esters is 2. The van der Waals surface area contributed by atoms with Crippen LogP contribution in [0.25, 0.3) is 10.9 Å². The number of aromatic nitrogens is 1. The molecular weight excluding hydrogens is 468 g/mol. The third-order valence-corrected chi connectivity index (χ3v) is 5.92. The van der Waals surface area contributed by atoms with Crippen molar-refractivity contribution in [1.29, 1.82) is 0 Å². The number of rotatable bonds is 16. The van der Waals surface area contributed by atoms with Crippen molar-refractivity contribution in [2.75, 3.05) is 13.2 Å². The van der Waals surface area contributed by atoms with E-state index in [2.05, 4.69) is 11.9 Å². The number of nitrogens with two attached hydrogens (primary N) is 1. The number of fused-ring (bicyclic) bond motifs is 1. The van der Waals surface area contributed by atoms with E-state index in [1.54, 1.807) is 0 Å². The zero-order valence-electron chi connectivity index (χ0n) is 21.2. The fourth-order valence-corrected chi connectivity index (χ4v) is 3.76. The molecule has 3 N–H and O–H groups in total. The van der Waals surface area contributed by atoms with Crippen molar-refractivity contribution in [3.8, 4) is 0 Å². The molecule has 0 aliphatic carbocycles. The zero-order valence-corrected chi connectivity index (χ0v) is 22.0. The highest BCUT2D eigenvalue weighted by Crippen LogP contribution is 2.24. The molecule has 0 radical (unpaired) electrons. The van der Waals surface area contributed by atoms with Crippen molar-refractivity contribution in [2.45, 2.75) is 78.2 Å². The largest absolute Gasteiger partial charge is 0.465 e. The summed E-state index contributed by atoms with van der Waals surface area (Å²) in [5.41, 5.74) is 7.88. The highest BCUT2D eigenvalue weighted by molar-refractivity contribution is 5.87. The SMILES string of the molecule is CCCCCOC(=O)[C@H](CC(=O)CC[C@@H](N)C(=O)OCCC(C)C)Cc1c[nH]c2ccccc12.Cl. The second kappa shape index (κ2) is 16.3. The summed E-state index contributed by atoms with van der Waals surface area (Å²) in [6.45, 7) is 6.88. The first-order valence-corrected chi connectivity index (χ1v) is 12.5. The van der Waals surface area contributed by atoms with Crippen LogP contribution in [0.2, 0.25) is 0 Å². The van der Waals surface area contributed by atoms with Crippen LogP contribution >= 0.6 is 12.4 Å². The predicted molar refractivity (Wildman–Crippen MR) is 140 cm³/mol. The predicted octanol–water partition coefficient (Wildman–Crippen LogP) is 5.14. The van der Waals surface area contributed by atoms with Gasteiger partial charge in [0.25, 0.3) is 0 Å². The summed E-state index contributed by atoms with van der Waals surface area (Å²) >= 11 is 0. The molecule has 2 atom stereocenters. The first kappa shape index (κ1) is 30.7. The number of carbonyl (C=O) groups excluding carboxylic acids is 3. The fraction of sp³-hybridized carbons (Fsp3) is 0.593. The Kier molecular flexibility index (Phi) is 14.3. The van der Waals surface area contributed by atoms with E-state index in [4.69, 9.17) is 15.2 Å². The molecule has 0 aliphatic heterocycles. The van der Waals surface area contributed by atoms with Crippen LogP contribution in [0.4, 0.5) is 0 Å². The van der Waals surface area contributed by atoms with Gasteiger partial charge in [0.15, 0.2) is 0 Å². The number of ketones is 1. The van der Waals surface area contributed by atoms with E-state index >= 15 is 0 Å². The molecule has 8 heteroatoms. The zero-order chi connectivity index (χ0) is 24.9. The van der Waals surface area contributed by atoms with Crippen molar-refractivity contribution in [1.82, 2.24) is 4.98 Å². The van der Waals surface area contributed by atoms with Crippen molar-refractivity contribution < 1.29 is 23.9 Å². The first-order valence-electron chi connectivity index (χ1n) is 12.5. The molecule has 0 amide bonds. The second-order valence-corrected chi connectivity index (χ2v) is 9.37. The summed E-state index contributed by atoms with van der Waals surface area (Å²) < 4.78 is 10.7. The molecule has 1 aromatic heterocycles. The molecule has 35 heavy (non-hydrogen) atoms. The number of hydrogen-bond acceptors (Lipinski definition) is 6. The Morgan fingerprint density at radius 3 is 2.43 bits per heavy atom. The quantitative estimate of drug-likeness (QED) is 0.240. The number of nitrogens with one attached hydrogen (secondary N) is 1. The third kappa shape index (κ3) is 10.8. The smallest absolute Gasteiger partial charge is 0.322 e. The second-order valence-electron chi connectivity index (χ2n) is 9.37. The van der Waals surface area contributed by atoms with E-state index in [0.717, 1.165) is 42.1 Å². The van der Waals surface area contributed by atoms with Crippen LogP contribution in [0.15, 0.2) is 30.5 Å². The van der Waals surface area contributed by atoms with E-state index in [0.29, 0.717) is 25.6 Å². The summed E-state index contributed by atoms with van der Waals surface area (Å²) in [7, 11) is 0. The lowest BCUT2D eigenvalue weighted by atomic mass is 9.92. The standard InChI is InChI=1S/C27H40N2O5.ClH/c1-4-5-8-14-33-26(31)20(16-21-18-29-25-10-7-6-9-23(21)25)17-22(30)11-12-24(28)27(32)34-15-13-19(2)3;/h6-7,9-10,18-20,24,29H,4-5,8,11-17,28H2,1-3H3;1H/t20-,24+;/m0./s1. The van der Waals surface area contributed by atoms with Gasteiger partial charge in [-0.05, 0) is 43.2 Å². The number of unbranched alkanes of at least 4 members (excludes halogenated alkanes) is 2. The molecule has 0 saturated heterocycles. The normalized spacial score (nSPS) is 12.7. The first-order chi connectivity index (χ1) is 16.3. The molecule has 0 saturated carbocycles. The maximum atomic E-state index is 12.8. The van der Waals surface area contributed by atoms with Gasteiger partial charge in [-0.3, -0.25) is 14.4 Å². The van der Waals surface area contributed by atoms with Gasteiger partial charge in [-0.25, -0.2) is 0 Å². The van der Waals surface area contributed by atoms with Crippen LogP contribution in [0.5, 0.6) is 0 Å². The van der Waals surface area contributed by atoms with Crippen molar-refractivity contribution in [2.24, 2.45) is 17.6 Å². The summed E-state index contributed by atoms with van der Waals surface area (Å²) in [5.74, 6) is -1.10. The molecule has 196 valence electrons. The molecule has 2 aromatic rings. The van der Waals surface area contributed by atoms with Crippen LogP contribution in [-0.4, -0.2) is 42.0 Å². The Balaban J connectivity index is 0.00000612. The summed E-state index contributed by atoms with van der Waals surface area (Å²) in [4.78, 5) is 40.8. The highest BCUT2D eigenvalue weighted by atomic mass is 35.5. The molecule has 7 nitrogen and oxygen atoms in total. The van der Waals surface area contributed by atoms with Gasteiger partial charge < -0.3 is 20.2 Å². The number of para-hydroxylation sites is 1. The molecule has 1 heterocycles. The van der Waals surface area contributed by atoms with Crippen molar-refractivity contribution in [3.05, 3.63) is 36.0 Å². The molecule has 1 aromatic carbocycles. The van der Waals surface area contributed by atoms with Gasteiger partial charge in [0, 0.05) is 29.9 Å². The fourth-order valence-electron chi connectivity index (χ4n) is 3.76. The molecule has 0 unspecified atom stereocenters. The third-order valence-electron chi connectivity index (χ3n) is 5.92. The van der Waals surface area contributed by atoms with Crippen LogP contribution in [-0.2, 0) is 30.3 Å². The lowest BCUT2D eigenvalue weighted by molar-refractivity contribution is -0.150. The number of Topliss-reactive ketones (excluding diaryl/α,β-unsaturated/α-hetero) is 1. The Labute approximate surface area is 214 Å². The number of carbonyl (C=O) groups is 3. The molecule has 0 spiro atoms. The van der Waals surface area contributed by atoms with Crippen LogP contribution < -0.4 is 5.73 Å². The molecule has 0 bridgehead atoms. The number of benzene rings is 1. The minimum absolute atomic E-state index is 0. The maximum absolute atomic E-state index is 12.8. The van der Waals surface area contributed by atoms with Crippen molar-refractivity contribution in [3.63, 3.8) is 0 Å². The monoisotopic (exact) mass is 508 g/mol. The summed E-state index contributed by atoms with van der Waals surface area (Å²) in [6, 6.07) is 7.03. The van der Waals surface area contributed by atoms with Gasteiger partial charge >= 0.3 is 11.9 Å². The molecular formula is C27H41ClN2O5. The van der Waals surface area contributed by atoms with Gasteiger partial charge in [0.2, 0.25) is 0 Å². The van der Waals surface area contributed by atoms with E-state index in [9.17, 15) is 14.4 Å². The van der Waals surface area contributed by atoms with Gasteiger partial charge in [-0.2, -0.15) is 0 Å². The van der Waals surface area contributed by atoms with Gasteiger partial charge in [0.05, 0.1) is 19.1 Å². The van der Waals surface area contributed by atoms with Crippen LogP contribution in [0.3, 0.4) is 0 Å². The van der Waals surface area contributed by atoms with E-state index in [1.807, 2.05) is 44.3 Å². The lowest BCUT2D eigenvalue weighted by Gasteiger charge is -2.16. The van der Waals surface area contributed by atoms with Crippen LogP contribution in [0.1, 0.15) is 71.3 Å².